The maximum absolute atomic E-state index is 12.0. The van der Waals surface area contributed by atoms with Crippen molar-refractivity contribution in [3.63, 3.8) is 0 Å². The van der Waals surface area contributed by atoms with Crippen LogP contribution in [0.4, 0.5) is 0 Å². The fraction of sp³-hybridized carbons (Fsp3) is 0.333. The van der Waals surface area contributed by atoms with Crippen LogP contribution in [0.5, 0.6) is 0 Å². The summed E-state index contributed by atoms with van der Waals surface area (Å²) in [7, 11) is 0. The summed E-state index contributed by atoms with van der Waals surface area (Å²) in [5.74, 6) is -1.48. The van der Waals surface area contributed by atoms with Gasteiger partial charge in [-0.05, 0) is 30.5 Å². The van der Waals surface area contributed by atoms with Gasteiger partial charge < -0.3 is 10.4 Å². The Hall–Kier alpha value is -2.10. The average molecular weight is 261 g/mol. The molecule has 0 fully saturated rings. The van der Waals surface area contributed by atoms with Crippen molar-refractivity contribution in [1.29, 1.82) is 0 Å². The zero-order valence-corrected chi connectivity index (χ0v) is 11.3. The van der Waals surface area contributed by atoms with E-state index in [4.69, 9.17) is 0 Å². The third-order valence-corrected chi connectivity index (χ3v) is 2.82. The van der Waals surface area contributed by atoms with E-state index in [1.54, 1.807) is 30.3 Å². The molecular formula is C15H19NO3. The molecule has 0 saturated heterocycles. The van der Waals surface area contributed by atoms with Gasteiger partial charge in [-0.15, -0.1) is 0 Å². The molecular weight excluding hydrogens is 242 g/mol. The molecule has 4 heteroatoms. The standard InChI is InChI=1S/C15H19NO3/c1-3-8-11(4-2)13(15(18)19)16-14(17)12-9-6-5-7-10-12/h5-7,9-10H,3-4,8H2,1-2H3,(H,16,17)(H,18,19). The van der Waals surface area contributed by atoms with Crippen LogP contribution in [-0.2, 0) is 4.79 Å². The van der Waals surface area contributed by atoms with Crippen LogP contribution in [-0.4, -0.2) is 17.0 Å². The lowest BCUT2D eigenvalue weighted by Gasteiger charge is -2.11. The number of carboxylic acid groups (broad SMARTS) is 1. The molecule has 2 N–H and O–H groups in total. The number of allylic oxidation sites excluding steroid dienone is 1. The van der Waals surface area contributed by atoms with Crippen molar-refractivity contribution in [1.82, 2.24) is 5.32 Å². The second kappa shape index (κ2) is 7.36. The maximum atomic E-state index is 12.0. The first kappa shape index (κ1) is 15.0. The molecule has 0 atom stereocenters. The van der Waals surface area contributed by atoms with Gasteiger partial charge in [-0.3, -0.25) is 4.79 Å². The van der Waals surface area contributed by atoms with Gasteiger partial charge in [0.05, 0.1) is 0 Å². The lowest BCUT2D eigenvalue weighted by atomic mass is 10.1. The Morgan fingerprint density at radius 3 is 2.26 bits per heavy atom. The highest BCUT2D eigenvalue weighted by Gasteiger charge is 2.16. The molecule has 1 rings (SSSR count). The summed E-state index contributed by atoms with van der Waals surface area (Å²) in [6.07, 6.45) is 2.14. The molecule has 0 spiro atoms. The Balaban J connectivity index is 2.97. The highest BCUT2D eigenvalue weighted by Crippen LogP contribution is 2.14. The third kappa shape index (κ3) is 4.25. The molecule has 0 aliphatic carbocycles. The molecule has 1 amide bonds. The first-order chi connectivity index (χ1) is 9.10. The van der Waals surface area contributed by atoms with Crippen LogP contribution in [0.15, 0.2) is 41.6 Å². The maximum Gasteiger partial charge on any atom is 0.352 e. The Kier molecular flexibility index (Phi) is 5.79. The summed E-state index contributed by atoms with van der Waals surface area (Å²) in [6.45, 7) is 3.87. The van der Waals surface area contributed by atoms with Gasteiger partial charge in [0.15, 0.2) is 0 Å². The van der Waals surface area contributed by atoms with Crippen LogP contribution in [0.1, 0.15) is 43.5 Å². The van der Waals surface area contributed by atoms with Crippen LogP contribution in [0.2, 0.25) is 0 Å². The number of carbonyl (C=O) groups excluding carboxylic acids is 1. The van der Waals surface area contributed by atoms with E-state index in [0.717, 1.165) is 12.0 Å². The quantitative estimate of drug-likeness (QED) is 0.774. The first-order valence-corrected chi connectivity index (χ1v) is 6.41. The van der Waals surface area contributed by atoms with E-state index in [9.17, 15) is 14.7 Å². The Bertz CT molecular complexity index is 477. The van der Waals surface area contributed by atoms with E-state index >= 15 is 0 Å². The van der Waals surface area contributed by atoms with Crippen molar-refractivity contribution in [2.75, 3.05) is 0 Å². The summed E-state index contributed by atoms with van der Waals surface area (Å²) in [4.78, 5) is 23.2. The van der Waals surface area contributed by atoms with Gasteiger partial charge in [-0.25, -0.2) is 4.79 Å². The number of nitrogens with one attached hydrogen (secondary N) is 1. The van der Waals surface area contributed by atoms with Gasteiger partial charge >= 0.3 is 5.97 Å². The third-order valence-electron chi connectivity index (χ3n) is 2.82. The van der Waals surface area contributed by atoms with Crippen molar-refractivity contribution in [3.8, 4) is 0 Å². The van der Waals surface area contributed by atoms with Crippen molar-refractivity contribution < 1.29 is 14.7 Å². The van der Waals surface area contributed by atoms with E-state index in [1.165, 1.54) is 0 Å². The molecule has 1 aromatic rings. The van der Waals surface area contributed by atoms with Crippen LogP contribution < -0.4 is 5.32 Å². The number of carbonyl (C=O) groups is 2. The Labute approximate surface area is 113 Å². The van der Waals surface area contributed by atoms with Gasteiger partial charge in [0.25, 0.3) is 5.91 Å². The second-order valence-corrected chi connectivity index (χ2v) is 4.21. The summed E-state index contributed by atoms with van der Waals surface area (Å²) in [5, 5.41) is 11.7. The zero-order valence-electron chi connectivity index (χ0n) is 11.3. The van der Waals surface area contributed by atoms with Gasteiger partial charge in [0, 0.05) is 5.56 Å². The molecule has 0 aliphatic heterocycles. The number of hydrogen-bond acceptors (Lipinski definition) is 2. The molecule has 0 saturated carbocycles. The number of aliphatic carboxylic acids is 1. The van der Waals surface area contributed by atoms with E-state index in [2.05, 4.69) is 5.32 Å². The minimum atomic E-state index is -1.09. The van der Waals surface area contributed by atoms with E-state index in [0.29, 0.717) is 18.4 Å². The molecule has 0 heterocycles. The van der Waals surface area contributed by atoms with Gasteiger partial charge in [0.2, 0.25) is 0 Å². The number of hydrogen-bond donors (Lipinski definition) is 2. The largest absolute Gasteiger partial charge is 0.477 e. The fourth-order valence-electron chi connectivity index (χ4n) is 1.85. The summed E-state index contributed by atoms with van der Waals surface area (Å²) >= 11 is 0. The number of benzene rings is 1. The van der Waals surface area contributed by atoms with E-state index in [-0.39, 0.29) is 11.6 Å². The molecule has 1 aromatic carbocycles. The lowest BCUT2D eigenvalue weighted by molar-refractivity contribution is -0.133. The monoisotopic (exact) mass is 261 g/mol. The molecule has 0 unspecified atom stereocenters. The van der Waals surface area contributed by atoms with Crippen molar-refractivity contribution >= 4 is 11.9 Å². The topological polar surface area (TPSA) is 66.4 Å². The zero-order chi connectivity index (χ0) is 14.3. The van der Waals surface area contributed by atoms with Gasteiger partial charge in [0.1, 0.15) is 5.70 Å². The van der Waals surface area contributed by atoms with Crippen molar-refractivity contribution in [2.45, 2.75) is 33.1 Å². The smallest absolute Gasteiger partial charge is 0.352 e. The predicted molar refractivity (Wildman–Crippen MR) is 73.8 cm³/mol. The fourth-order valence-corrected chi connectivity index (χ4v) is 1.85. The van der Waals surface area contributed by atoms with Crippen molar-refractivity contribution in [2.24, 2.45) is 0 Å². The summed E-state index contributed by atoms with van der Waals surface area (Å²) < 4.78 is 0. The molecule has 0 radical (unpaired) electrons. The average Bonchev–Trinajstić information content (AvgIpc) is 2.43. The van der Waals surface area contributed by atoms with E-state index in [1.807, 2.05) is 13.8 Å². The summed E-state index contributed by atoms with van der Waals surface area (Å²) in [6, 6.07) is 8.59. The molecule has 0 aromatic heterocycles. The number of amides is 1. The first-order valence-electron chi connectivity index (χ1n) is 6.41. The van der Waals surface area contributed by atoms with Crippen LogP contribution in [0, 0.1) is 0 Å². The van der Waals surface area contributed by atoms with Crippen molar-refractivity contribution in [3.05, 3.63) is 47.2 Å². The van der Waals surface area contributed by atoms with Crippen LogP contribution in [0.25, 0.3) is 0 Å². The number of rotatable bonds is 6. The molecule has 4 nitrogen and oxygen atoms in total. The molecule has 19 heavy (non-hydrogen) atoms. The van der Waals surface area contributed by atoms with Crippen LogP contribution in [0.3, 0.4) is 0 Å². The van der Waals surface area contributed by atoms with Gasteiger partial charge in [-0.2, -0.15) is 0 Å². The highest BCUT2D eigenvalue weighted by molar-refractivity contribution is 6.00. The normalized spacial score (nSPS) is 11.7. The minimum Gasteiger partial charge on any atom is -0.477 e. The molecule has 0 bridgehead atoms. The second-order valence-electron chi connectivity index (χ2n) is 4.21. The SMILES string of the molecule is CCCC(CC)=C(NC(=O)c1ccccc1)C(=O)O. The minimum absolute atomic E-state index is 0.0122. The van der Waals surface area contributed by atoms with E-state index < -0.39 is 5.97 Å². The highest BCUT2D eigenvalue weighted by atomic mass is 16.4. The predicted octanol–water partition coefficient (Wildman–Crippen LogP) is 2.97. The summed E-state index contributed by atoms with van der Waals surface area (Å²) in [5.41, 5.74) is 1.23. The number of carboxylic acids is 1. The van der Waals surface area contributed by atoms with Crippen LogP contribution >= 0.6 is 0 Å². The molecule has 102 valence electrons. The Morgan fingerprint density at radius 2 is 1.79 bits per heavy atom. The van der Waals surface area contributed by atoms with Gasteiger partial charge in [-0.1, -0.05) is 38.5 Å². The lowest BCUT2D eigenvalue weighted by Crippen LogP contribution is -2.28. The molecule has 0 aliphatic rings. The Morgan fingerprint density at radius 1 is 1.16 bits per heavy atom.